The van der Waals surface area contributed by atoms with Crippen LogP contribution in [0.1, 0.15) is 0 Å². The van der Waals surface area contributed by atoms with Crippen LogP contribution in [0.15, 0.2) is 127 Å². The molecule has 2 aliphatic rings. The van der Waals surface area contributed by atoms with E-state index in [1.165, 1.54) is 58.3 Å². The van der Waals surface area contributed by atoms with E-state index in [-0.39, 0.29) is 0 Å². The Hall–Kier alpha value is -4.43. The molecule has 0 aliphatic carbocycles. The summed E-state index contributed by atoms with van der Waals surface area (Å²) in [6.45, 7) is 0. The lowest BCUT2D eigenvalue weighted by Gasteiger charge is -2.34. The Morgan fingerprint density at radius 1 is 0.475 bits per heavy atom. The predicted octanol–water partition coefficient (Wildman–Crippen LogP) is 9.36. The number of rotatable bonds is 2. The molecule has 2 aliphatic heterocycles. The van der Waals surface area contributed by atoms with Crippen LogP contribution in [0.5, 0.6) is 23.0 Å². The first kappa shape index (κ1) is 22.4. The molecule has 40 heavy (non-hydrogen) atoms. The molecule has 9 rings (SSSR count). The van der Waals surface area contributed by atoms with Gasteiger partial charge in [0.25, 0.3) is 0 Å². The molecule has 1 atom stereocenters. The van der Waals surface area contributed by atoms with Gasteiger partial charge in [-0.2, -0.15) is 0 Å². The Bertz CT molecular complexity index is 2110. The number of benzene rings is 6. The fourth-order valence-electron chi connectivity index (χ4n) is 6.00. The fraction of sp³-hybridized carbons (Fsp3) is 0. The Morgan fingerprint density at radius 2 is 1.12 bits per heavy atom. The number of thiophene rings is 1. The summed E-state index contributed by atoms with van der Waals surface area (Å²) in [5, 5.41) is 6.31. The van der Waals surface area contributed by atoms with Crippen molar-refractivity contribution in [3.8, 4) is 45.3 Å². The summed E-state index contributed by atoms with van der Waals surface area (Å²) >= 11 is 1.88. The van der Waals surface area contributed by atoms with E-state index in [0.29, 0.717) is 0 Å². The molecule has 7 aromatic rings. The van der Waals surface area contributed by atoms with Gasteiger partial charge in [-0.15, -0.1) is 11.3 Å². The van der Waals surface area contributed by atoms with Gasteiger partial charge in [-0.1, -0.05) is 91.0 Å². The molecule has 2 nitrogen and oxygen atoms in total. The molecule has 0 radical (unpaired) electrons. The lowest BCUT2D eigenvalue weighted by Crippen LogP contribution is -2.31. The highest BCUT2D eigenvalue weighted by Crippen LogP contribution is 2.52. The third-order valence-corrected chi connectivity index (χ3v) is 11.7. The number of hydrogen-bond donors (Lipinski definition) is 0. The zero-order chi connectivity index (χ0) is 26.2. The van der Waals surface area contributed by atoms with Gasteiger partial charge in [0, 0.05) is 38.7 Å². The Labute approximate surface area is 236 Å². The van der Waals surface area contributed by atoms with Gasteiger partial charge in [-0.05, 0) is 58.7 Å². The molecule has 0 fully saturated rings. The average molecular weight is 549 g/mol. The SMILES string of the molecule is c1ccc2c(c1)Oc1cccc3c1P2c1cc(-c2ccc(-c4cccc5c4sc4ccccc45)cc2)ccc1O3. The maximum Gasteiger partial charge on any atom is 0.139 e. The Morgan fingerprint density at radius 3 is 2.00 bits per heavy atom. The van der Waals surface area contributed by atoms with Crippen LogP contribution in [0, 0.1) is 0 Å². The van der Waals surface area contributed by atoms with Gasteiger partial charge in [-0.3, -0.25) is 0 Å². The predicted molar refractivity (Wildman–Crippen MR) is 169 cm³/mol. The molecule has 6 aromatic carbocycles. The first-order valence-corrected chi connectivity index (χ1v) is 15.5. The largest absolute Gasteiger partial charge is 0.456 e. The monoisotopic (exact) mass is 548 g/mol. The highest BCUT2D eigenvalue weighted by atomic mass is 32.1. The smallest absolute Gasteiger partial charge is 0.139 e. The Balaban J connectivity index is 1.14. The molecule has 0 N–H and O–H groups in total. The number of hydrogen-bond acceptors (Lipinski definition) is 3. The summed E-state index contributed by atoms with van der Waals surface area (Å²) in [6.07, 6.45) is 0. The second kappa shape index (κ2) is 8.53. The third-order valence-electron chi connectivity index (χ3n) is 7.86. The van der Waals surface area contributed by atoms with Crippen LogP contribution in [-0.4, -0.2) is 0 Å². The van der Waals surface area contributed by atoms with Gasteiger partial charge in [0.05, 0.1) is 5.30 Å². The molecule has 0 bridgehead atoms. The molecule has 0 amide bonds. The number of ether oxygens (including phenoxy) is 2. The van der Waals surface area contributed by atoms with Crippen molar-refractivity contribution in [2.24, 2.45) is 0 Å². The molecule has 4 heteroatoms. The minimum absolute atomic E-state index is 0.779. The van der Waals surface area contributed by atoms with Crippen molar-refractivity contribution < 1.29 is 9.47 Å². The van der Waals surface area contributed by atoms with E-state index in [4.69, 9.17) is 9.47 Å². The lowest BCUT2D eigenvalue weighted by molar-refractivity contribution is 0.466. The zero-order valence-electron chi connectivity index (χ0n) is 21.3. The van der Waals surface area contributed by atoms with Gasteiger partial charge in [0.15, 0.2) is 0 Å². The summed E-state index contributed by atoms with van der Waals surface area (Å²) < 4.78 is 15.4. The quantitative estimate of drug-likeness (QED) is 0.200. The van der Waals surface area contributed by atoms with Crippen LogP contribution in [0.3, 0.4) is 0 Å². The summed E-state index contributed by atoms with van der Waals surface area (Å²) in [5.41, 5.74) is 4.92. The zero-order valence-corrected chi connectivity index (χ0v) is 23.0. The summed E-state index contributed by atoms with van der Waals surface area (Å²) in [7, 11) is -0.779. The molecule has 1 aromatic heterocycles. The third kappa shape index (κ3) is 3.26. The van der Waals surface area contributed by atoms with Crippen LogP contribution in [-0.2, 0) is 0 Å². The van der Waals surface area contributed by atoms with Gasteiger partial charge in [0.1, 0.15) is 23.0 Å². The van der Waals surface area contributed by atoms with Crippen molar-refractivity contribution in [2.45, 2.75) is 0 Å². The van der Waals surface area contributed by atoms with Crippen LogP contribution < -0.4 is 25.4 Å². The van der Waals surface area contributed by atoms with Crippen LogP contribution in [0.4, 0.5) is 0 Å². The maximum atomic E-state index is 6.41. The van der Waals surface area contributed by atoms with Crippen molar-refractivity contribution in [3.63, 3.8) is 0 Å². The molecule has 1 unspecified atom stereocenters. The normalized spacial score (nSPS) is 14.7. The Kier molecular flexibility index (Phi) is 4.78. The summed E-state index contributed by atoms with van der Waals surface area (Å²) in [5.74, 6) is 3.68. The van der Waals surface area contributed by atoms with Crippen molar-refractivity contribution in [3.05, 3.63) is 127 Å². The standard InChI is InChI=1S/C36H21O2PS/c1-4-14-34-26(7-1)27-9-5-8-25(36(27)40-34)23-17-15-22(16-18-23)24-19-20-29-33(21-24)39-32-13-3-2-10-28(32)37-30-11-6-12-31(38-29)35(30)39/h1-21H. The van der Waals surface area contributed by atoms with E-state index in [2.05, 4.69) is 115 Å². The molecule has 188 valence electrons. The van der Waals surface area contributed by atoms with E-state index in [1.54, 1.807) is 0 Å². The van der Waals surface area contributed by atoms with E-state index < -0.39 is 7.92 Å². The highest BCUT2D eigenvalue weighted by molar-refractivity contribution is 7.80. The fourth-order valence-corrected chi connectivity index (χ4v) is 9.84. The van der Waals surface area contributed by atoms with E-state index in [9.17, 15) is 0 Å². The van der Waals surface area contributed by atoms with Crippen LogP contribution >= 0.6 is 19.3 Å². The lowest BCUT2D eigenvalue weighted by atomic mass is 9.99. The van der Waals surface area contributed by atoms with Crippen LogP contribution in [0.25, 0.3) is 42.4 Å². The molecule has 3 heterocycles. The van der Waals surface area contributed by atoms with Gasteiger partial charge < -0.3 is 9.47 Å². The van der Waals surface area contributed by atoms with E-state index >= 15 is 0 Å². The van der Waals surface area contributed by atoms with E-state index in [1.807, 2.05) is 23.5 Å². The molecule has 0 spiro atoms. The number of fused-ring (bicyclic) bond motifs is 7. The summed E-state index contributed by atoms with van der Waals surface area (Å²) in [6, 6.07) is 45.5. The summed E-state index contributed by atoms with van der Waals surface area (Å²) in [4.78, 5) is 0. The van der Waals surface area contributed by atoms with Gasteiger partial charge in [-0.25, -0.2) is 0 Å². The van der Waals surface area contributed by atoms with Crippen molar-refractivity contribution in [1.82, 2.24) is 0 Å². The number of para-hydroxylation sites is 1. The van der Waals surface area contributed by atoms with Crippen molar-refractivity contribution in [2.75, 3.05) is 0 Å². The molecule has 0 saturated carbocycles. The van der Waals surface area contributed by atoms with Crippen LogP contribution in [0.2, 0.25) is 0 Å². The minimum atomic E-state index is -0.779. The van der Waals surface area contributed by atoms with Crippen molar-refractivity contribution in [1.29, 1.82) is 0 Å². The molecule has 0 saturated heterocycles. The molecular formula is C36H21O2PS. The molecular weight excluding hydrogens is 527 g/mol. The second-order valence-corrected chi connectivity index (χ2v) is 13.3. The first-order valence-electron chi connectivity index (χ1n) is 13.3. The highest BCUT2D eigenvalue weighted by Gasteiger charge is 2.36. The van der Waals surface area contributed by atoms with Gasteiger partial charge in [0.2, 0.25) is 0 Å². The topological polar surface area (TPSA) is 18.5 Å². The second-order valence-electron chi connectivity index (χ2n) is 10.2. The average Bonchev–Trinajstić information content (AvgIpc) is 3.40. The van der Waals surface area contributed by atoms with Gasteiger partial charge >= 0.3 is 0 Å². The minimum Gasteiger partial charge on any atom is -0.456 e. The van der Waals surface area contributed by atoms with E-state index in [0.717, 1.165) is 23.0 Å². The van der Waals surface area contributed by atoms with Crippen molar-refractivity contribution >= 4 is 55.3 Å². The first-order chi connectivity index (χ1) is 19.8. The maximum absolute atomic E-state index is 6.41.